The zero-order valence-corrected chi connectivity index (χ0v) is 13.1. The summed E-state index contributed by atoms with van der Waals surface area (Å²) < 4.78 is 27.7. The summed E-state index contributed by atoms with van der Waals surface area (Å²) in [7, 11) is -1.41. The van der Waals surface area contributed by atoms with Gasteiger partial charge < -0.3 is 10.1 Å². The first-order chi connectivity index (χ1) is 9.41. The van der Waals surface area contributed by atoms with Crippen LogP contribution in [-0.2, 0) is 32.5 Å². The van der Waals surface area contributed by atoms with Crippen LogP contribution in [0.15, 0.2) is 0 Å². The van der Waals surface area contributed by atoms with E-state index < -0.39 is 15.8 Å². The van der Waals surface area contributed by atoms with Gasteiger partial charge in [-0.05, 0) is 13.3 Å². The molecule has 112 valence electrons. The van der Waals surface area contributed by atoms with Gasteiger partial charge in [-0.2, -0.15) is 0 Å². The molecule has 1 aromatic rings. The fourth-order valence-electron chi connectivity index (χ4n) is 2.15. The molecule has 1 aromatic heterocycles. The maximum atomic E-state index is 11.9. The fourth-order valence-corrected chi connectivity index (χ4v) is 4.87. The number of thiazole rings is 1. The van der Waals surface area contributed by atoms with Crippen LogP contribution in [-0.4, -0.2) is 37.9 Å². The summed E-state index contributed by atoms with van der Waals surface area (Å²) in [4.78, 5) is 17.3. The van der Waals surface area contributed by atoms with Crippen LogP contribution in [0.4, 0.5) is 0 Å². The van der Waals surface area contributed by atoms with Crippen LogP contribution >= 0.6 is 11.3 Å². The highest BCUT2D eigenvalue weighted by atomic mass is 32.2. The van der Waals surface area contributed by atoms with Crippen molar-refractivity contribution in [1.82, 2.24) is 10.3 Å². The smallest absolute Gasteiger partial charge is 0.224 e. The number of aryl methyl sites for hydroxylation is 1. The molecule has 0 saturated carbocycles. The highest BCUT2D eigenvalue weighted by Gasteiger charge is 2.32. The monoisotopic (exact) mass is 318 g/mol. The molecule has 1 amide bonds. The molecular formula is C12H18N2O4S2. The third kappa shape index (κ3) is 3.77. The molecule has 2 rings (SSSR count). The first-order valence-corrected chi connectivity index (χ1v) is 8.97. The van der Waals surface area contributed by atoms with Crippen molar-refractivity contribution >= 4 is 27.1 Å². The topological polar surface area (TPSA) is 85.4 Å². The van der Waals surface area contributed by atoms with Crippen molar-refractivity contribution in [2.24, 2.45) is 5.92 Å². The summed E-state index contributed by atoms with van der Waals surface area (Å²) in [6, 6.07) is 0. The predicted octanol–water partition coefficient (Wildman–Crippen LogP) is 0.649. The lowest BCUT2D eigenvalue weighted by Gasteiger charge is -2.08. The molecule has 1 aliphatic rings. The first-order valence-electron chi connectivity index (χ1n) is 6.33. The van der Waals surface area contributed by atoms with Gasteiger partial charge in [-0.15, -0.1) is 11.3 Å². The van der Waals surface area contributed by atoms with Gasteiger partial charge in [-0.3, -0.25) is 4.79 Å². The number of aromatic nitrogens is 1. The van der Waals surface area contributed by atoms with Gasteiger partial charge >= 0.3 is 0 Å². The lowest BCUT2D eigenvalue weighted by Crippen LogP contribution is -2.30. The van der Waals surface area contributed by atoms with Crippen LogP contribution < -0.4 is 5.32 Å². The number of ether oxygens (including phenoxy) is 1. The molecule has 0 bridgehead atoms. The molecule has 1 N–H and O–H groups in total. The van der Waals surface area contributed by atoms with Gasteiger partial charge in [0, 0.05) is 12.0 Å². The number of sulfone groups is 1. The zero-order valence-electron chi connectivity index (χ0n) is 11.5. The second kappa shape index (κ2) is 6.19. The van der Waals surface area contributed by atoms with Gasteiger partial charge in [0.25, 0.3) is 0 Å². The van der Waals surface area contributed by atoms with E-state index in [0.717, 1.165) is 15.6 Å². The zero-order chi connectivity index (χ0) is 14.8. The van der Waals surface area contributed by atoms with E-state index >= 15 is 0 Å². The molecule has 0 aliphatic carbocycles. The third-order valence-electron chi connectivity index (χ3n) is 3.23. The van der Waals surface area contributed by atoms with E-state index in [-0.39, 0.29) is 17.4 Å². The Hall–Kier alpha value is -0.990. The van der Waals surface area contributed by atoms with Crippen LogP contribution in [0.1, 0.15) is 22.0 Å². The van der Waals surface area contributed by atoms with Crippen LogP contribution in [0.2, 0.25) is 0 Å². The van der Waals surface area contributed by atoms with Gasteiger partial charge in [-0.1, -0.05) is 0 Å². The van der Waals surface area contributed by atoms with Crippen molar-refractivity contribution in [3.63, 3.8) is 0 Å². The lowest BCUT2D eigenvalue weighted by atomic mass is 10.1. The molecule has 1 saturated heterocycles. The van der Waals surface area contributed by atoms with Crippen molar-refractivity contribution in [2.45, 2.75) is 26.5 Å². The van der Waals surface area contributed by atoms with Gasteiger partial charge in [0.1, 0.15) is 5.01 Å². The standard InChI is InChI=1S/C12H18N2O4S2/c1-8-10(19-11(14-8)6-18-2)5-13-12(15)9-3-4-20(16,17)7-9/h9H,3-7H2,1-2H3,(H,13,15)/t9-/m1/s1. The molecule has 1 fully saturated rings. The Kier molecular flexibility index (Phi) is 4.77. The Balaban J connectivity index is 1.90. The number of carbonyl (C=O) groups excluding carboxylic acids is 1. The van der Waals surface area contributed by atoms with Gasteiger partial charge in [0.05, 0.1) is 36.3 Å². The van der Waals surface area contributed by atoms with E-state index in [1.807, 2.05) is 6.92 Å². The number of amides is 1. The molecule has 8 heteroatoms. The fraction of sp³-hybridized carbons (Fsp3) is 0.667. The second-order valence-corrected chi connectivity index (χ2v) is 8.26. The summed E-state index contributed by atoms with van der Waals surface area (Å²) in [5, 5.41) is 3.67. The minimum atomic E-state index is -3.02. The molecular weight excluding hydrogens is 300 g/mol. The minimum absolute atomic E-state index is 0.0323. The van der Waals surface area contributed by atoms with Crippen molar-refractivity contribution in [2.75, 3.05) is 18.6 Å². The van der Waals surface area contributed by atoms with Crippen molar-refractivity contribution in [3.8, 4) is 0 Å². The van der Waals surface area contributed by atoms with Gasteiger partial charge in [0.2, 0.25) is 5.91 Å². The van der Waals surface area contributed by atoms with E-state index in [2.05, 4.69) is 10.3 Å². The average molecular weight is 318 g/mol. The number of hydrogen-bond acceptors (Lipinski definition) is 6. The van der Waals surface area contributed by atoms with Crippen molar-refractivity contribution in [3.05, 3.63) is 15.6 Å². The van der Waals surface area contributed by atoms with Gasteiger partial charge in [0.15, 0.2) is 9.84 Å². The first kappa shape index (κ1) is 15.4. The van der Waals surface area contributed by atoms with Crippen molar-refractivity contribution < 1.29 is 17.9 Å². The molecule has 6 nitrogen and oxygen atoms in total. The van der Waals surface area contributed by atoms with E-state index in [1.54, 1.807) is 7.11 Å². The molecule has 0 unspecified atom stereocenters. The highest BCUT2D eigenvalue weighted by molar-refractivity contribution is 7.91. The number of carbonyl (C=O) groups is 1. The van der Waals surface area contributed by atoms with E-state index in [4.69, 9.17) is 4.74 Å². The summed E-state index contributed by atoms with van der Waals surface area (Å²) in [6.45, 7) is 2.74. The molecule has 1 atom stereocenters. The number of hydrogen-bond donors (Lipinski definition) is 1. The van der Waals surface area contributed by atoms with E-state index in [9.17, 15) is 13.2 Å². The lowest BCUT2D eigenvalue weighted by molar-refractivity contribution is -0.124. The van der Waals surface area contributed by atoms with Crippen LogP contribution in [0.25, 0.3) is 0 Å². The molecule has 0 radical (unpaired) electrons. The number of rotatable bonds is 5. The summed E-state index contributed by atoms with van der Waals surface area (Å²) in [5.74, 6) is -0.517. The van der Waals surface area contributed by atoms with E-state index in [0.29, 0.717) is 19.6 Å². The number of nitrogens with zero attached hydrogens (tertiary/aromatic N) is 1. The maximum absolute atomic E-state index is 11.9. The van der Waals surface area contributed by atoms with Gasteiger partial charge in [-0.25, -0.2) is 13.4 Å². The highest BCUT2D eigenvalue weighted by Crippen LogP contribution is 2.21. The number of nitrogens with one attached hydrogen (secondary N) is 1. The molecule has 0 spiro atoms. The molecule has 0 aromatic carbocycles. The van der Waals surface area contributed by atoms with Crippen LogP contribution in [0.5, 0.6) is 0 Å². The summed E-state index contributed by atoms with van der Waals surface area (Å²) in [6.07, 6.45) is 0.421. The Morgan fingerprint density at radius 1 is 1.55 bits per heavy atom. The molecule has 20 heavy (non-hydrogen) atoms. The Morgan fingerprint density at radius 3 is 2.90 bits per heavy atom. The minimum Gasteiger partial charge on any atom is -0.378 e. The molecule has 2 heterocycles. The van der Waals surface area contributed by atoms with Crippen LogP contribution in [0.3, 0.4) is 0 Å². The van der Waals surface area contributed by atoms with Crippen LogP contribution in [0, 0.1) is 12.8 Å². The average Bonchev–Trinajstić information content (AvgIpc) is 2.90. The Morgan fingerprint density at radius 2 is 2.30 bits per heavy atom. The number of methoxy groups -OCH3 is 1. The maximum Gasteiger partial charge on any atom is 0.224 e. The van der Waals surface area contributed by atoms with E-state index in [1.165, 1.54) is 11.3 Å². The SMILES string of the molecule is COCc1nc(C)c(CNC(=O)[C@@H]2CCS(=O)(=O)C2)s1. The molecule has 1 aliphatic heterocycles. The summed E-state index contributed by atoms with van der Waals surface area (Å²) >= 11 is 1.50. The quantitative estimate of drug-likeness (QED) is 0.861. The van der Waals surface area contributed by atoms with Crippen molar-refractivity contribution in [1.29, 1.82) is 0 Å². The Bertz CT molecular complexity index is 595. The summed E-state index contributed by atoms with van der Waals surface area (Å²) in [5.41, 5.74) is 0.876. The largest absolute Gasteiger partial charge is 0.378 e. The second-order valence-electron chi connectivity index (χ2n) is 4.87. The normalized spacial score (nSPS) is 21.0. The third-order valence-corrected chi connectivity index (χ3v) is 6.13. The predicted molar refractivity (Wildman–Crippen MR) is 76.2 cm³/mol. The Labute approximate surface area is 122 Å².